The number of nitrogens with one attached hydrogen (secondary N) is 1. The summed E-state index contributed by atoms with van der Waals surface area (Å²) in [5.41, 5.74) is 0. The number of hydrogen-bond acceptors (Lipinski definition) is 4. The second kappa shape index (κ2) is 9.28. The molecule has 0 saturated carbocycles. The van der Waals surface area contributed by atoms with Crippen molar-refractivity contribution in [2.45, 2.75) is 26.2 Å². The minimum Gasteiger partial charge on any atom is -0.355 e. The Morgan fingerprint density at radius 2 is 1.79 bits per heavy atom. The first-order chi connectivity index (χ1) is 8.77. The highest BCUT2D eigenvalue weighted by molar-refractivity contribution is 7.88. The molecule has 0 aliphatic rings. The Hall–Kier alpha value is -0.660. The Labute approximate surface area is 117 Å². The van der Waals surface area contributed by atoms with E-state index in [1.165, 1.54) is 10.6 Å². The molecule has 1 amide bonds. The van der Waals surface area contributed by atoms with Crippen LogP contribution in [0.2, 0.25) is 0 Å². The molecule has 0 heterocycles. The molecule has 0 aromatic heterocycles. The third kappa shape index (κ3) is 9.86. The summed E-state index contributed by atoms with van der Waals surface area (Å²) in [5.74, 6) is -0.0238. The number of nitrogens with zero attached hydrogens (tertiary/aromatic N) is 2. The van der Waals surface area contributed by atoms with E-state index in [2.05, 4.69) is 5.32 Å². The van der Waals surface area contributed by atoms with Crippen LogP contribution in [0.25, 0.3) is 0 Å². The zero-order valence-corrected chi connectivity index (χ0v) is 13.3. The molecule has 0 bridgehead atoms. The second-order valence-corrected chi connectivity index (χ2v) is 6.90. The molecular formula is C12H27N3O3S. The van der Waals surface area contributed by atoms with Crippen molar-refractivity contribution in [1.29, 1.82) is 0 Å². The monoisotopic (exact) mass is 293 g/mol. The smallest absolute Gasteiger partial charge is 0.220 e. The third-order valence-electron chi connectivity index (χ3n) is 2.64. The van der Waals surface area contributed by atoms with E-state index in [1.54, 1.807) is 0 Å². The number of hydrogen-bond donors (Lipinski definition) is 1. The van der Waals surface area contributed by atoms with Gasteiger partial charge in [0.05, 0.1) is 6.26 Å². The molecule has 0 spiro atoms. The van der Waals surface area contributed by atoms with Gasteiger partial charge in [0.1, 0.15) is 0 Å². The van der Waals surface area contributed by atoms with Crippen LogP contribution in [0.15, 0.2) is 0 Å². The lowest BCUT2D eigenvalue weighted by atomic mass is 10.3. The van der Waals surface area contributed by atoms with Crippen molar-refractivity contribution in [2.75, 3.05) is 46.5 Å². The summed E-state index contributed by atoms with van der Waals surface area (Å²) in [6.45, 7) is 3.97. The van der Waals surface area contributed by atoms with Crippen molar-refractivity contribution in [2.24, 2.45) is 0 Å². The zero-order valence-electron chi connectivity index (χ0n) is 12.5. The molecule has 0 fully saturated rings. The lowest BCUT2D eigenvalue weighted by Crippen LogP contribution is -2.39. The number of amides is 1. The maximum atomic E-state index is 11.6. The maximum absolute atomic E-state index is 11.6. The molecule has 19 heavy (non-hydrogen) atoms. The molecule has 7 heteroatoms. The van der Waals surface area contributed by atoms with E-state index in [1.807, 2.05) is 25.9 Å². The van der Waals surface area contributed by atoms with Crippen LogP contribution in [0.1, 0.15) is 26.2 Å². The predicted molar refractivity (Wildman–Crippen MR) is 77.5 cm³/mol. The van der Waals surface area contributed by atoms with Gasteiger partial charge in [-0.05, 0) is 33.5 Å². The van der Waals surface area contributed by atoms with Gasteiger partial charge in [0.25, 0.3) is 0 Å². The Morgan fingerprint density at radius 1 is 1.16 bits per heavy atom. The Kier molecular flexibility index (Phi) is 8.95. The fourth-order valence-corrected chi connectivity index (χ4v) is 2.53. The first-order valence-corrected chi connectivity index (χ1v) is 8.48. The van der Waals surface area contributed by atoms with Gasteiger partial charge in [-0.1, -0.05) is 6.92 Å². The van der Waals surface area contributed by atoms with E-state index in [-0.39, 0.29) is 5.91 Å². The molecule has 114 valence electrons. The van der Waals surface area contributed by atoms with Crippen molar-refractivity contribution in [1.82, 2.24) is 14.5 Å². The van der Waals surface area contributed by atoms with E-state index < -0.39 is 10.0 Å². The fraction of sp³-hybridized carbons (Fsp3) is 0.917. The third-order valence-corrected chi connectivity index (χ3v) is 3.95. The van der Waals surface area contributed by atoms with Gasteiger partial charge >= 0.3 is 0 Å². The molecule has 0 atom stereocenters. The molecule has 0 aliphatic heterocycles. The minimum absolute atomic E-state index is 0.0238. The van der Waals surface area contributed by atoms with Crippen molar-refractivity contribution in [3.63, 3.8) is 0 Å². The van der Waals surface area contributed by atoms with Gasteiger partial charge in [0.2, 0.25) is 15.9 Å². The zero-order chi connectivity index (χ0) is 14.9. The maximum Gasteiger partial charge on any atom is 0.220 e. The van der Waals surface area contributed by atoms with Crippen molar-refractivity contribution < 1.29 is 13.2 Å². The highest BCUT2D eigenvalue weighted by atomic mass is 32.2. The molecule has 0 aromatic rings. The molecular weight excluding hydrogens is 266 g/mol. The predicted octanol–water partition coefficient (Wildman–Crippen LogP) is 0.116. The molecule has 0 saturated heterocycles. The van der Waals surface area contributed by atoms with Crippen molar-refractivity contribution in [3.8, 4) is 0 Å². The van der Waals surface area contributed by atoms with Gasteiger partial charge in [-0.2, -0.15) is 0 Å². The lowest BCUT2D eigenvalue weighted by Gasteiger charge is -2.21. The Bertz CT molecular complexity index is 355. The standard InChI is InChI=1S/C12H27N3O3S/c1-5-7-12(16)13-8-11-15(19(4,17)18)10-6-9-14(2)3/h5-11H2,1-4H3,(H,13,16). The van der Waals surface area contributed by atoms with E-state index in [0.29, 0.717) is 26.1 Å². The molecule has 0 radical (unpaired) electrons. The van der Waals surface area contributed by atoms with Gasteiger partial charge in [0.15, 0.2) is 0 Å². The largest absolute Gasteiger partial charge is 0.355 e. The van der Waals surface area contributed by atoms with Crippen molar-refractivity contribution in [3.05, 3.63) is 0 Å². The van der Waals surface area contributed by atoms with Crippen molar-refractivity contribution >= 4 is 15.9 Å². The lowest BCUT2D eigenvalue weighted by molar-refractivity contribution is -0.121. The summed E-state index contributed by atoms with van der Waals surface area (Å²) in [5, 5.41) is 2.73. The SMILES string of the molecule is CCCC(=O)NCCN(CCCN(C)C)S(C)(=O)=O. The summed E-state index contributed by atoms with van der Waals surface area (Å²) in [4.78, 5) is 13.3. The Morgan fingerprint density at radius 3 is 2.26 bits per heavy atom. The van der Waals surface area contributed by atoms with Crippen LogP contribution in [0.4, 0.5) is 0 Å². The first-order valence-electron chi connectivity index (χ1n) is 6.64. The highest BCUT2D eigenvalue weighted by Crippen LogP contribution is 1.99. The summed E-state index contributed by atoms with van der Waals surface area (Å²) < 4.78 is 24.6. The summed E-state index contributed by atoms with van der Waals surface area (Å²) >= 11 is 0. The number of sulfonamides is 1. The topological polar surface area (TPSA) is 69.7 Å². The van der Waals surface area contributed by atoms with E-state index in [4.69, 9.17) is 0 Å². The van der Waals surface area contributed by atoms with Gasteiger partial charge in [-0.3, -0.25) is 4.79 Å². The number of rotatable bonds is 10. The van der Waals surface area contributed by atoms with Gasteiger partial charge in [-0.15, -0.1) is 0 Å². The molecule has 0 unspecified atom stereocenters. The van der Waals surface area contributed by atoms with Crippen LogP contribution in [-0.4, -0.2) is 70.1 Å². The van der Waals surface area contributed by atoms with E-state index in [9.17, 15) is 13.2 Å². The van der Waals surface area contributed by atoms with Crippen LogP contribution in [0.3, 0.4) is 0 Å². The molecule has 0 rings (SSSR count). The van der Waals surface area contributed by atoms with Crippen LogP contribution >= 0.6 is 0 Å². The summed E-state index contributed by atoms with van der Waals surface area (Å²) in [6, 6.07) is 0. The second-order valence-electron chi connectivity index (χ2n) is 4.92. The highest BCUT2D eigenvalue weighted by Gasteiger charge is 2.15. The number of carbonyl (C=O) groups excluding carboxylic acids is 1. The molecule has 0 aliphatic carbocycles. The first kappa shape index (κ1) is 18.3. The fourth-order valence-electron chi connectivity index (χ4n) is 1.64. The van der Waals surface area contributed by atoms with Crippen LogP contribution in [0.5, 0.6) is 0 Å². The Balaban J connectivity index is 4.12. The van der Waals surface area contributed by atoms with Gasteiger partial charge < -0.3 is 10.2 Å². The quantitative estimate of drug-likeness (QED) is 0.621. The van der Waals surface area contributed by atoms with E-state index >= 15 is 0 Å². The average molecular weight is 293 g/mol. The summed E-state index contributed by atoms with van der Waals surface area (Å²) in [6.07, 6.45) is 3.27. The van der Waals surface area contributed by atoms with Gasteiger partial charge in [-0.25, -0.2) is 12.7 Å². The molecule has 1 N–H and O–H groups in total. The minimum atomic E-state index is -3.21. The number of carbonyl (C=O) groups is 1. The van der Waals surface area contributed by atoms with Crippen LogP contribution < -0.4 is 5.32 Å². The molecule has 0 aromatic carbocycles. The summed E-state index contributed by atoms with van der Waals surface area (Å²) in [7, 11) is 0.699. The van der Waals surface area contributed by atoms with Crippen LogP contribution in [-0.2, 0) is 14.8 Å². The average Bonchev–Trinajstić information content (AvgIpc) is 2.25. The van der Waals surface area contributed by atoms with Crippen LogP contribution in [0, 0.1) is 0 Å². The molecule has 6 nitrogen and oxygen atoms in total. The normalized spacial score (nSPS) is 12.1. The van der Waals surface area contributed by atoms with E-state index in [0.717, 1.165) is 19.4 Å². The van der Waals surface area contributed by atoms with Gasteiger partial charge in [0, 0.05) is 26.1 Å².